The monoisotopic (exact) mass is 424 g/mol. The van der Waals surface area contributed by atoms with Gasteiger partial charge in [0.05, 0.1) is 29.0 Å². The lowest BCUT2D eigenvalue weighted by Gasteiger charge is -2.30. The van der Waals surface area contributed by atoms with Crippen LogP contribution in [0.1, 0.15) is 57.4 Å². The summed E-state index contributed by atoms with van der Waals surface area (Å²) in [6.07, 6.45) is 4.20. The van der Waals surface area contributed by atoms with Gasteiger partial charge >= 0.3 is 0 Å². The molecule has 0 saturated heterocycles. The molecule has 1 atom stereocenters. The van der Waals surface area contributed by atoms with E-state index in [-0.39, 0.29) is 29.9 Å². The fourth-order valence-corrected chi connectivity index (χ4v) is 4.85. The molecule has 8 heteroatoms. The normalized spacial score (nSPS) is 24.3. The van der Waals surface area contributed by atoms with Gasteiger partial charge in [0.15, 0.2) is 17.2 Å². The van der Waals surface area contributed by atoms with E-state index in [0.29, 0.717) is 34.7 Å². The van der Waals surface area contributed by atoms with Gasteiger partial charge in [-0.3, -0.25) is 4.79 Å². The molecule has 2 aliphatic rings. The molecule has 2 fully saturated rings. The number of alkyl halides is 1. The first-order valence-corrected chi connectivity index (χ1v) is 11.0. The first kappa shape index (κ1) is 20.5. The van der Waals surface area contributed by atoms with Gasteiger partial charge in [-0.15, -0.1) is 11.3 Å². The van der Waals surface area contributed by atoms with Crippen LogP contribution in [0.3, 0.4) is 0 Å². The van der Waals surface area contributed by atoms with Crippen LogP contribution in [0.25, 0.3) is 10.2 Å². The van der Waals surface area contributed by atoms with Crippen molar-refractivity contribution < 1.29 is 23.0 Å². The number of rotatable bonds is 7. The molecule has 1 N–H and O–H groups in total. The number of benzene rings is 1. The second-order valence-electron chi connectivity index (χ2n) is 8.16. The molecule has 0 aliphatic heterocycles. The van der Waals surface area contributed by atoms with Gasteiger partial charge in [-0.2, -0.15) is 0 Å². The molecule has 5 nitrogen and oxygen atoms in total. The van der Waals surface area contributed by atoms with E-state index in [1.165, 1.54) is 6.92 Å². The third-order valence-electron chi connectivity index (χ3n) is 5.48. The van der Waals surface area contributed by atoms with E-state index < -0.39 is 11.5 Å². The minimum absolute atomic E-state index is 0.0225. The van der Waals surface area contributed by atoms with Crippen molar-refractivity contribution in [2.75, 3.05) is 6.61 Å². The summed E-state index contributed by atoms with van der Waals surface area (Å²) in [6, 6.07) is 3.28. The summed E-state index contributed by atoms with van der Waals surface area (Å²) in [5.74, 6) is -0.304. The van der Waals surface area contributed by atoms with E-state index in [2.05, 4.69) is 10.3 Å². The summed E-state index contributed by atoms with van der Waals surface area (Å²) < 4.78 is 41.3. The molecule has 0 unspecified atom stereocenters. The molecule has 1 aromatic heterocycles. The highest BCUT2D eigenvalue weighted by Gasteiger charge is 2.48. The molecule has 158 valence electrons. The standard InChI is InChI=1S/C21H26F2N2O3S/c1-12(24-13(2)26)11-27-14-3-5-15(6-4-14)28-17-8-7-16-19(18(17)22)29-20(25-16)21(23)9-10-21/h7-8,12,14-15H,3-6,9-11H2,1-2H3,(H,24,26)/t12-,14-,15-/m0/s1. The van der Waals surface area contributed by atoms with Crippen LogP contribution in [0.4, 0.5) is 8.78 Å². The number of halogens is 2. The van der Waals surface area contributed by atoms with Crippen LogP contribution in [0, 0.1) is 5.82 Å². The number of nitrogens with one attached hydrogen (secondary N) is 1. The van der Waals surface area contributed by atoms with Crippen LogP contribution < -0.4 is 10.1 Å². The van der Waals surface area contributed by atoms with Crippen molar-refractivity contribution in [3.05, 3.63) is 23.0 Å². The van der Waals surface area contributed by atoms with Crippen molar-refractivity contribution in [1.29, 1.82) is 0 Å². The van der Waals surface area contributed by atoms with Gasteiger partial charge in [-0.05, 0) is 57.6 Å². The SMILES string of the molecule is CC(=O)N[C@@H](C)CO[C@H]1CC[C@H](Oc2ccc3nc(C4(F)CC4)sc3c2F)CC1. The summed E-state index contributed by atoms with van der Waals surface area (Å²) in [7, 11) is 0. The summed E-state index contributed by atoms with van der Waals surface area (Å²) in [6.45, 7) is 3.88. The molecule has 2 saturated carbocycles. The van der Waals surface area contributed by atoms with E-state index in [1.807, 2.05) is 6.92 Å². The average molecular weight is 425 g/mol. The fraction of sp³-hybridized carbons (Fsp3) is 0.619. The second kappa shape index (κ2) is 8.14. The van der Waals surface area contributed by atoms with Gasteiger partial charge in [0.2, 0.25) is 5.91 Å². The maximum atomic E-state index is 14.9. The van der Waals surface area contributed by atoms with Crippen molar-refractivity contribution in [2.24, 2.45) is 0 Å². The topological polar surface area (TPSA) is 60.5 Å². The summed E-state index contributed by atoms with van der Waals surface area (Å²) in [5, 5.41) is 3.17. The third kappa shape index (κ3) is 4.69. The number of thiazole rings is 1. The van der Waals surface area contributed by atoms with Crippen LogP contribution in [-0.4, -0.2) is 35.7 Å². The van der Waals surface area contributed by atoms with Crippen molar-refractivity contribution in [3.63, 3.8) is 0 Å². The maximum Gasteiger partial charge on any atom is 0.217 e. The molecule has 0 bridgehead atoms. The van der Waals surface area contributed by atoms with Gasteiger partial charge in [0.25, 0.3) is 0 Å². The Kier molecular flexibility index (Phi) is 5.75. The third-order valence-corrected chi connectivity index (χ3v) is 6.72. The summed E-state index contributed by atoms with van der Waals surface area (Å²) >= 11 is 1.09. The minimum atomic E-state index is -1.35. The summed E-state index contributed by atoms with van der Waals surface area (Å²) in [5.41, 5.74) is -0.864. The van der Waals surface area contributed by atoms with Gasteiger partial charge in [-0.25, -0.2) is 13.8 Å². The zero-order chi connectivity index (χ0) is 20.6. The highest BCUT2D eigenvalue weighted by molar-refractivity contribution is 7.18. The van der Waals surface area contributed by atoms with Crippen LogP contribution >= 0.6 is 11.3 Å². The maximum absolute atomic E-state index is 14.9. The number of amides is 1. The zero-order valence-corrected chi connectivity index (χ0v) is 17.5. The van der Waals surface area contributed by atoms with Crippen LogP contribution in [-0.2, 0) is 15.2 Å². The predicted octanol–water partition coefficient (Wildman–Crippen LogP) is 4.63. The van der Waals surface area contributed by atoms with Crippen molar-refractivity contribution in [2.45, 2.75) is 76.3 Å². The zero-order valence-electron chi connectivity index (χ0n) is 16.7. The van der Waals surface area contributed by atoms with Gasteiger partial charge in [0, 0.05) is 13.0 Å². The molecule has 4 rings (SSSR count). The van der Waals surface area contributed by atoms with E-state index >= 15 is 0 Å². The number of carbonyl (C=O) groups is 1. The van der Waals surface area contributed by atoms with Crippen LogP contribution in [0.15, 0.2) is 12.1 Å². The number of hydrogen-bond donors (Lipinski definition) is 1. The van der Waals surface area contributed by atoms with E-state index in [1.54, 1.807) is 12.1 Å². The molecular formula is C21H26F2N2O3S. The largest absolute Gasteiger partial charge is 0.487 e. The fourth-order valence-electron chi connectivity index (χ4n) is 3.71. The molecule has 1 amide bonds. The van der Waals surface area contributed by atoms with Crippen molar-refractivity contribution in [3.8, 4) is 5.75 Å². The first-order valence-electron chi connectivity index (χ1n) is 10.2. The minimum Gasteiger partial charge on any atom is -0.487 e. The van der Waals surface area contributed by atoms with Crippen LogP contribution in [0.2, 0.25) is 0 Å². The Balaban J connectivity index is 1.32. The van der Waals surface area contributed by atoms with Crippen LogP contribution in [0.5, 0.6) is 5.75 Å². The summed E-state index contributed by atoms with van der Waals surface area (Å²) in [4.78, 5) is 15.3. The molecule has 29 heavy (non-hydrogen) atoms. The lowest BCUT2D eigenvalue weighted by Crippen LogP contribution is -2.36. The Morgan fingerprint density at radius 1 is 1.31 bits per heavy atom. The Hall–Kier alpha value is -1.80. The Morgan fingerprint density at radius 2 is 2.00 bits per heavy atom. The number of fused-ring (bicyclic) bond motifs is 1. The molecule has 2 aromatic rings. The Bertz CT molecular complexity index is 891. The first-order chi connectivity index (χ1) is 13.8. The number of nitrogens with zero attached hydrogens (tertiary/aromatic N) is 1. The lowest BCUT2D eigenvalue weighted by atomic mass is 9.95. The molecule has 0 spiro atoms. The molecule has 1 aromatic carbocycles. The number of carbonyl (C=O) groups excluding carboxylic acids is 1. The highest BCUT2D eigenvalue weighted by atomic mass is 32.1. The van der Waals surface area contributed by atoms with E-state index in [4.69, 9.17) is 9.47 Å². The molecule has 1 heterocycles. The lowest BCUT2D eigenvalue weighted by molar-refractivity contribution is -0.120. The molecule has 2 aliphatic carbocycles. The molecule has 0 radical (unpaired) electrons. The number of aromatic nitrogens is 1. The van der Waals surface area contributed by atoms with Gasteiger partial charge in [-0.1, -0.05) is 0 Å². The average Bonchev–Trinajstić information content (AvgIpc) is 3.26. The quantitative estimate of drug-likeness (QED) is 0.704. The van der Waals surface area contributed by atoms with Gasteiger partial charge in [0.1, 0.15) is 5.01 Å². The Morgan fingerprint density at radius 3 is 2.66 bits per heavy atom. The van der Waals surface area contributed by atoms with Crippen molar-refractivity contribution in [1.82, 2.24) is 10.3 Å². The second-order valence-corrected chi connectivity index (χ2v) is 9.16. The predicted molar refractivity (Wildman–Crippen MR) is 108 cm³/mol. The highest BCUT2D eigenvalue weighted by Crippen LogP contribution is 2.52. The molecular weight excluding hydrogens is 398 g/mol. The Labute approximate surface area is 172 Å². The smallest absolute Gasteiger partial charge is 0.217 e. The number of hydrogen-bond acceptors (Lipinski definition) is 5. The van der Waals surface area contributed by atoms with E-state index in [9.17, 15) is 13.6 Å². The van der Waals surface area contributed by atoms with Gasteiger partial charge < -0.3 is 14.8 Å². The van der Waals surface area contributed by atoms with Crippen molar-refractivity contribution >= 4 is 27.5 Å². The number of ether oxygens (including phenoxy) is 2. The van der Waals surface area contributed by atoms with E-state index in [0.717, 1.165) is 37.0 Å².